The molecule has 0 amide bonds. The predicted molar refractivity (Wildman–Crippen MR) is 84.7 cm³/mol. The molecule has 0 saturated carbocycles. The first-order valence-electron chi connectivity index (χ1n) is 6.64. The van der Waals surface area contributed by atoms with Crippen LogP contribution in [0.3, 0.4) is 0 Å². The van der Waals surface area contributed by atoms with Crippen molar-refractivity contribution in [3.63, 3.8) is 0 Å². The number of hydrogen-bond acceptors (Lipinski definition) is 3. The molecule has 110 valence electrons. The third-order valence-corrected chi connectivity index (χ3v) is 3.60. The molecule has 0 radical (unpaired) electrons. The van der Waals surface area contributed by atoms with Gasteiger partial charge in [-0.3, -0.25) is 4.79 Å². The number of ether oxygens (including phenoxy) is 1. The van der Waals surface area contributed by atoms with Crippen LogP contribution in [0.25, 0.3) is 11.1 Å². The normalized spacial score (nSPS) is 12.0. The highest BCUT2D eigenvalue weighted by atomic mass is 32.2. The van der Waals surface area contributed by atoms with Gasteiger partial charge in [0.2, 0.25) is 0 Å². The van der Waals surface area contributed by atoms with E-state index in [0.29, 0.717) is 17.1 Å². The monoisotopic (exact) mass is 304 g/mol. The van der Waals surface area contributed by atoms with Crippen LogP contribution in [-0.4, -0.2) is 18.2 Å². The van der Waals surface area contributed by atoms with E-state index in [0.717, 1.165) is 5.56 Å². The van der Waals surface area contributed by atoms with Crippen LogP contribution in [0.5, 0.6) is 0 Å². The molecule has 1 unspecified atom stereocenters. The highest BCUT2D eigenvalue weighted by molar-refractivity contribution is 7.98. The molecule has 2 rings (SSSR count). The zero-order valence-electron chi connectivity index (χ0n) is 12.0. The Bertz CT molecular complexity index is 613. The van der Waals surface area contributed by atoms with Gasteiger partial charge < -0.3 is 4.74 Å². The van der Waals surface area contributed by atoms with Crippen molar-refractivity contribution < 1.29 is 13.9 Å². The molecule has 0 aliphatic rings. The van der Waals surface area contributed by atoms with E-state index in [2.05, 4.69) is 0 Å². The smallest absolute Gasteiger partial charge is 0.313 e. The summed E-state index contributed by atoms with van der Waals surface area (Å²) in [6.45, 7) is 1.72. The highest BCUT2D eigenvalue weighted by Gasteiger charge is 2.18. The molecule has 2 aromatic rings. The second-order valence-electron chi connectivity index (χ2n) is 4.70. The van der Waals surface area contributed by atoms with E-state index in [1.165, 1.54) is 17.8 Å². The van der Waals surface area contributed by atoms with Gasteiger partial charge in [0.05, 0.1) is 5.92 Å². The zero-order chi connectivity index (χ0) is 15.2. The molecule has 0 spiro atoms. The average Bonchev–Trinajstić information content (AvgIpc) is 2.52. The summed E-state index contributed by atoms with van der Waals surface area (Å²) >= 11 is 1.43. The maximum Gasteiger partial charge on any atom is 0.313 e. The van der Waals surface area contributed by atoms with Gasteiger partial charge in [0.25, 0.3) is 0 Å². The maximum absolute atomic E-state index is 14.3. The fourth-order valence-corrected chi connectivity index (χ4v) is 2.26. The number of carbonyl (C=O) groups excluding carboxylic acids is 1. The van der Waals surface area contributed by atoms with Crippen molar-refractivity contribution in [3.05, 3.63) is 59.9 Å². The number of esters is 1. The van der Waals surface area contributed by atoms with Crippen molar-refractivity contribution in [2.24, 2.45) is 0 Å². The molecule has 0 heterocycles. The van der Waals surface area contributed by atoms with Crippen molar-refractivity contribution in [1.29, 1.82) is 0 Å². The number of benzene rings is 2. The SMILES string of the molecule is CSCOC(=O)C(C)c1ccc(-c2ccccc2)c(F)c1. The van der Waals surface area contributed by atoms with Crippen molar-refractivity contribution in [3.8, 4) is 11.1 Å². The van der Waals surface area contributed by atoms with Crippen molar-refractivity contribution in [2.45, 2.75) is 12.8 Å². The highest BCUT2D eigenvalue weighted by Crippen LogP contribution is 2.26. The number of hydrogen-bond donors (Lipinski definition) is 0. The van der Waals surface area contributed by atoms with Gasteiger partial charge in [-0.1, -0.05) is 42.5 Å². The molecule has 4 heteroatoms. The van der Waals surface area contributed by atoms with Gasteiger partial charge in [0.1, 0.15) is 11.8 Å². The number of carbonyl (C=O) groups is 1. The summed E-state index contributed by atoms with van der Waals surface area (Å²) in [6.07, 6.45) is 1.85. The first-order valence-corrected chi connectivity index (χ1v) is 8.03. The summed E-state index contributed by atoms with van der Waals surface area (Å²) in [4.78, 5) is 11.8. The van der Waals surface area contributed by atoms with E-state index >= 15 is 0 Å². The lowest BCUT2D eigenvalue weighted by Gasteiger charge is -2.12. The van der Waals surface area contributed by atoms with Crippen LogP contribution < -0.4 is 0 Å². The number of rotatable bonds is 5. The summed E-state index contributed by atoms with van der Waals surface area (Å²) in [6, 6.07) is 14.2. The van der Waals surface area contributed by atoms with Crippen LogP contribution >= 0.6 is 11.8 Å². The van der Waals surface area contributed by atoms with Crippen molar-refractivity contribution in [2.75, 3.05) is 12.2 Å². The van der Waals surface area contributed by atoms with E-state index in [-0.39, 0.29) is 11.8 Å². The Labute approximate surface area is 128 Å². The zero-order valence-corrected chi connectivity index (χ0v) is 12.8. The number of halogens is 1. The van der Waals surface area contributed by atoms with Crippen molar-refractivity contribution >= 4 is 17.7 Å². The van der Waals surface area contributed by atoms with Crippen LogP contribution in [-0.2, 0) is 9.53 Å². The molecular formula is C17H17FO2S. The quantitative estimate of drug-likeness (QED) is 0.602. The summed E-state index contributed by atoms with van der Waals surface area (Å²) in [5.74, 6) is -0.829. The summed E-state index contributed by atoms with van der Waals surface area (Å²) < 4.78 is 19.3. The fraction of sp³-hybridized carbons (Fsp3) is 0.235. The van der Waals surface area contributed by atoms with Crippen LogP contribution in [0.15, 0.2) is 48.5 Å². The minimum atomic E-state index is -0.475. The van der Waals surface area contributed by atoms with E-state index in [1.54, 1.807) is 19.1 Å². The minimum Gasteiger partial charge on any atom is -0.454 e. The van der Waals surface area contributed by atoms with E-state index in [9.17, 15) is 9.18 Å². The lowest BCUT2D eigenvalue weighted by molar-refractivity contribution is -0.142. The van der Waals surface area contributed by atoms with E-state index in [4.69, 9.17) is 4.74 Å². The molecule has 0 aliphatic carbocycles. The van der Waals surface area contributed by atoms with Crippen LogP contribution in [0.1, 0.15) is 18.4 Å². The van der Waals surface area contributed by atoms with Gasteiger partial charge in [-0.15, -0.1) is 11.8 Å². The van der Waals surface area contributed by atoms with Crippen LogP contribution in [0, 0.1) is 5.82 Å². The molecule has 21 heavy (non-hydrogen) atoms. The molecule has 0 bridgehead atoms. The van der Waals surface area contributed by atoms with E-state index < -0.39 is 5.92 Å². The largest absolute Gasteiger partial charge is 0.454 e. The van der Waals surface area contributed by atoms with Crippen molar-refractivity contribution in [1.82, 2.24) is 0 Å². The van der Waals surface area contributed by atoms with E-state index in [1.807, 2.05) is 36.6 Å². The summed E-state index contributed by atoms with van der Waals surface area (Å²) in [5, 5.41) is 0. The Kier molecular flexibility index (Phi) is 5.39. The fourth-order valence-electron chi connectivity index (χ4n) is 2.03. The first-order chi connectivity index (χ1) is 10.1. The molecule has 0 saturated heterocycles. The molecule has 0 aromatic heterocycles. The summed E-state index contributed by atoms with van der Waals surface area (Å²) in [5.41, 5.74) is 1.97. The third-order valence-electron chi connectivity index (χ3n) is 3.25. The van der Waals surface area contributed by atoms with Gasteiger partial charge >= 0.3 is 5.97 Å². The van der Waals surface area contributed by atoms with Gasteiger partial charge in [-0.25, -0.2) is 4.39 Å². The Morgan fingerprint density at radius 2 is 1.95 bits per heavy atom. The van der Waals surface area contributed by atoms with Gasteiger partial charge in [-0.05, 0) is 30.4 Å². The number of thioether (sulfide) groups is 1. The molecule has 2 aromatic carbocycles. The predicted octanol–water partition coefficient (Wildman–Crippen LogP) is 4.46. The standard InChI is InChI=1S/C17H17FO2S/c1-12(17(19)20-11-21-2)14-8-9-15(16(18)10-14)13-6-4-3-5-7-13/h3-10,12H,11H2,1-2H3. The Hall–Kier alpha value is -1.81. The minimum absolute atomic E-state index is 0.313. The molecule has 2 nitrogen and oxygen atoms in total. The van der Waals surface area contributed by atoms with Gasteiger partial charge in [-0.2, -0.15) is 0 Å². The maximum atomic E-state index is 14.3. The average molecular weight is 304 g/mol. The molecular weight excluding hydrogens is 287 g/mol. The van der Waals surface area contributed by atoms with Crippen LogP contribution in [0.4, 0.5) is 4.39 Å². The van der Waals surface area contributed by atoms with Gasteiger partial charge in [0.15, 0.2) is 0 Å². The lowest BCUT2D eigenvalue weighted by Crippen LogP contribution is -2.13. The Morgan fingerprint density at radius 1 is 1.24 bits per heavy atom. The first kappa shape index (κ1) is 15.6. The van der Waals surface area contributed by atoms with Crippen LogP contribution in [0.2, 0.25) is 0 Å². The second-order valence-corrected chi connectivity index (χ2v) is 5.51. The molecule has 0 N–H and O–H groups in total. The Morgan fingerprint density at radius 3 is 2.57 bits per heavy atom. The van der Waals surface area contributed by atoms with Gasteiger partial charge in [0, 0.05) is 5.56 Å². The Balaban J connectivity index is 2.21. The molecule has 1 atom stereocenters. The molecule has 0 fully saturated rings. The lowest BCUT2D eigenvalue weighted by atomic mass is 9.97. The summed E-state index contributed by atoms with van der Waals surface area (Å²) in [7, 11) is 0. The topological polar surface area (TPSA) is 26.3 Å². The third kappa shape index (κ3) is 3.85. The second kappa shape index (κ2) is 7.27. The molecule has 0 aliphatic heterocycles.